The molecule has 0 aliphatic heterocycles. The second-order valence-electron chi connectivity index (χ2n) is 4.56. The van der Waals surface area contributed by atoms with Crippen molar-refractivity contribution < 1.29 is 9.18 Å². The lowest BCUT2D eigenvalue weighted by atomic mass is 10.1. The van der Waals surface area contributed by atoms with Crippen LogP contribution in [0.4, 0.5) is 4.39 Å². The summed E-state index contributed by atoms with van der Waals surface area (Å²) in [4.78, 5) is 11.7. The van der Waals surface area contributed by atoms with Gasteiger partial charge in [0.05, 0.1) is 10.9 Å². The molecule has 0 saturated heterocycles. The van der Waals surface area contributed by atoms with E-state index in [0.717, 1.165) is 6.42 Å². The summed E-state index contributed by atoms with van der Waals surface area (Å²) in [5, 5.41) is 2.77. The maximum absolute atomic E-state index is 13.4. The lowest BCUT2D eigenvalue weighted by Gasteiger charge is -2.13. The number of carbonyl (C=O) groups excluding carboxylic acids is 1. The van der Waals surface area contributed by atoms with Gasteiger partial charge < -0.3 is 5.32 Å². The number of carbonyl (C=O) groups is 1. The first-order valence-electron chi connectivity index (χ1n) is 5.77. The van der Waals surface area contributed by atoms with Gasteiger partial charge in [0, 0.05) is 11.6 Å². The molecule has 0 spiro atoms. The molecule has 0 aromatic heterocycles. The van der Waals surface area contributed by atoms with E-state index in [2.05, 4.69) is 5.32 Å². The molecule has 0 bridgehead atoms. The number of rotatable bonds is 5. The number of hydrogen-bond donors (Lipinski definition) is 1. The monoisotopic (exact) mass is 291 g/mol. The quantitative estimate of drug-likeness (QED) is 0.820. The Morgan fingerprint density at radius 2 is 2.11 bits per heavy atom. The van der Waals surface area contributed by atoms with E-state index >= 15 is 0 Å². The molecule has 1 unspecified atom stereocenters. The molecular weight excluding hydrogens is 276 g/mol. The van der Waals surface area contributed by atoms with Crippen molar-refractivity contribution in [2.45, 2.75) is 25.6 Å². The fraction of sp³-hybridized carbons (Fsp3) is 0.462. The van der Waals surface area contributed by atoms with Crippen molar-refractivity contribution in [3.05, 3.63) is 34.6 Å². The smallest absolute Gasteiger partial charge is 0.254 e. The fourth-order valence-corrected chi connectivity index (χ4v) is 2.17. The van der Waals surface area contributed by atoms with Crippen molar-refractivity contribution in [3.8, 4) is 0 Å². The van der Waals surface area contributed by atoms with Gasteiger partial charge in [-0.05, 0) is 30.5 Å². The summed E-state index contributed by atoms with van der Waals surface area (Å²) in [6.45, 7) is 4.41. The van der Waals surface area contributed by atoms with E-state index in [0.29, 0.717) is 17.5 Å². The summed E-state index contributed by atoms with van der Waals surface area (Å²) < 4.78 is 13.4. The zero-order chi connectivity index (χ0) is 13.7. The highest BCUT2D eigenvalue weighted by Crippen LogP contribution is 2.15. The minimum Gasteiger partial charge on any atom is -0.350 e. The van der Waals surface area contributed by atoms with Gasteiger partial charge in [0.15, 0.2) is 0 Å². The third-order valence-corrected chi connectivity index (χ3v) is 2.95. The maximum Gasteiger partial charge on any atom is 0.254 e. The van der Waals surface area contributed by atoms with Gasteiger partial charge in [-0.3, -0.25) is 4.79 Å². The number of alkyl halides is 1. The summed E-state index contributed by atoms with van der Waals surface area (Å²) >= 11 is 11.8. The molecule has 1 N–H and O–H groups in total. The Kier molecular flexibility index (Phi) is 5.89. The van der Waals surface area contributed by atoms with Gasteiger partial charge >= 0.3 is 0 Å². The molecule has 0 saturated carbocycles. The van der Waals surface area contributed by atoms with Crippen molar-refractivity contribution in [3.63, 3.8) is 0 Å². The van der Waals surface area contributed by atoms with Crippen LogP contribution in [-0.4, -0.2) is 17.8 Å². The molecule has 0 heterocycles. The van der Waals surface area contributed by atoms with E-state index in [9.17, 15) is 9.18 Å². The van der Waals surface area contributed by atoms with Crippen LogP contribution in [0, 0.1) is 11.7 Å². The minimum absolute atomic E-state index is 0.0593. The molecule has 0 radical (unpaired) electrons. The Labute approximate surface area is 116 Å². The Balaban J connectivity index is 2.58. The Bertz CT molecular complexity index is 423. The number of benzene rings is 1. The van der Waals surface area contributed by atoms with Crippen LogP contribution in [0.2, 0.25) is 5.02 Å². The van der Waals surface area contributed by atoms with Crippen molar-refractivity contribution >= 4 is 29.1 Å². The Morgan fingerprint density at radius 3 is 2.72 bits per heavy atom. The van der Waals surface area contributed by atoms with Gasteiger partial charge in [-0.15, -0.1) is 11.6 Å². The first kappa shape index (κ1) is 15.3. The highest BCUT2D eigenvalue weighted by Gasteiger charge is 2.14. The summed E-state index contributed by atoms with van der Waals surface area (Å²) in [6.07, 6.45) is 0.792. The van der Waals surface area contributed by atoms with Crippen LogP contribution in [0.5, 0.6) is 0 Å². The average Bonchev–Trinajstić information content (AvgIpc) is 2.28. The third-order valence-electron chi connectivity index (χ3n) is 2.38. The summed E-state index contributed by atoms with van der Waals surface area (Å²) in [7, 11) is 0. The summed E-state index contributed by atoms with van der Waals surface area (Å²) in [5.41, 5.74) is -0.0593. The first-order chi connectivity index (χ1) is 8.40. The molecule has 2 nitrogen and oxygen atoms in total. The van der Waals surface area contributed by atoms with Gasteiger partial charge in [-0.2, -0.15) is 0 Å². The Morgan fingerprint density at radius 1 is 1.44 bits per heavy atom. The molecular formula is C13H16Cl2FNO. The second kappa shape index (κ2) is 6.95. The first-order valence-corrected chi connectivity index (χ1v) is 6.59. The van der Waals surface area contributed by atoms with Crippen LogP contribution >= 0.6 is 23.2 Å². The van der Waals surface area contributed by atoms with Crippen molar-refractivity contribution in [2.24, 2.45) is 5.92 Å². The van der Waals surface area contributed by atoms with Gasteiger partial charge in [-0.1, -0.05) is 25.4 Å². The number of nitrogens with one attached hydrogen (secondary N) is 1. The van der Waals surface area contributed by atoms with Crippen LogP contribution in [0.15, 0.2) is 18.2 Å². The number of hydrogen-bond acceptors (Lipinski definition) is 1. The summed E-state index contributed by atoms with van der Waals surface area (Å²) in [6, 6.07) is 3.87. The predicted molar refractivity (Wildman–Crippen MR) is 72.8 cm³/mol. The zero-order valence-electron chi connectivity index (χ0n) is 10.3. The lowest BCUT2D eigenvalue weighted by Crippen LogP contribution is -2.31. The second-order valence-corrected chi connectivity index (χ2v) is 5.61. The van der Waals surface area contributed by atoms with Crippen molar-refractivity contribution in [2.75, 3.05) is 6.54 Å². The third kappa shape index (κ3) is 4.83. The lowest BCUT2D eigenvalue weighted by molar-refractivity contribution is 0.0949. The van der Waals surface area contributed by atoms with Crippen molar-refractivity contribution in [1.29, 1.82) is 0 Å². The molecule has 1 aromatic rings. The standard InChI is InChI=1S/C13H16Cl2FNO/c1-8(2)5-10(15)7-17-13(18)11-6-9(14)3-4-12(11)16/h3-4,6,8,10H,5,7H2,1-2H3,(H,17,18). The molecule has 1 atom stereocenters. The maximum atomic E-state index is 13.4. The molecule has 0 aliphatic carbocycles. The predicted octanol–water partition coefficient (Wildman–Crippen LogP) is 3.86. The summed E-state index contributed by atoms with van der Waals surface area (Å²) in [5.74, 6) is -0.636. The van der Waals surface area contributed by atoms with Crippen molar-refractivity contribution in [1.82, 2.24) is 5.32 Å². The van der Waals surface area contributed by atoms with Crippen LogP contribution < -0.4 is 5.32 Å². The average molecular weight is 292 g/mol. The number of halogens is 3. The van der Waals surface area contributed by atoms with Gasteiger partial charge in [-0.25, -0.2) is 4.39 Å². The van der Waals surface area contributed by atoms with E-state index < -0.39 is 11.7 Å². The number of amides is 1. The van der Waals surface area contributed by atoms with Crippen LogP contribution in [0.1, 0.15) is 30.6 Å². The van der Waals surface area contributed by atoms with E-state index in [4.69, 9.17) is 23.2 Å². The van der Waals surface area contributed by atoms with E-state index in [1.807, 2.05) is 13.8 Å². The largest absolute Gasteiger partial charge is 0.350 e. The van der Waals surface area contributed by atoms with Crippen LogP contribution in [0.3, 0.4) is 0 Å². The molecule has 1 rings (SSSR count). The van der Waals surface area contributed by atoms with E-state index in [1.165, 1.54) is 18.2 Å². The molecule has 5 heteroatoms. The van der Waals surface area contributed by atoms with Gasteiger partial charge in [0.2, 0.25) is 0 Å². The zero-order valence-corrected chi connectivity index (χ0v) is 11.9. The molecule has 18 heavy (non-hydrogen) atoms. The Hall–Kier alpha value is -0.800. The minimum atomic E-state index is -0.591. The fourth-order valence-electron chi connectivity index (χ4n) is 1.57. The topological polar surface area (TPSA) is 29.1 Å². The van der Waals surface area contributed by atoms with Crippen LogP contribution in [0.25, 0.3) is 0 Å². The molecule has 1 aromatic carbocycles. The molecule has 0 fully saturated rings. The van der Waals surface area contributed by atoms with Gasteiger partial charge in [0.25, 0.3) is 5.91 Å². The van der Waals surface area contributed by atoms with Crippen LogP contribution in [-0.2, 0) is 0 Å². The highest BCUT2D eigenvalue weighted by atomic mass is 35.5. The van der Waals surface area contributed by atoms with E-state index in [1.54, 1.807) is 0 Å². The molecule has 100 valence electrons. The SMILES string of the molecule is CC(C)CC(Cl)CNC(=O)c1cc(Cl)ccc1F. The molecule has 1 amide bonds. The normalized spacial score (nSPS) is 12.6. The highest BCUT2D eigenvalue weighted by molar-refractivity contribution is 6.31. The van der Waals surface area contributed by atoms with Gasteiger partial charge in [0.1, 0.15) is 5.82 Å². The van der Waals surface area contributed by atoms with E-state index in [-0.39, 0.29) is 10.9 Å². The molecule has 0 aliphatic rings.